The lowest BCUT2D eigenvalue weighted by Gasteiger charge is -2.30. The van der Waals surface area contributed by atoms with Gasteiger partial charge in [0.1, 0.15) is 29.3 Å². The Bertz CT molecular complexity index is 1580. The Morgan fingerprint density at radius 3 is 2.45 bits per heavy atom. The van der Waals surface area contributed by atoms with Gasteiger partial charge in [-0.15, -0.1) is 0 Å². The molecule has 12 nitrogen and oxygen atoms in total. The number of hydrogen-bond acceptors (Lipinski definition) is 8. The van der Waals surface area contributed by atoms with Crippen LogP contribution in [-0.4, -0.2) is 79.7 Å². The number of alkyl carbamates (subject to hydrolysis) is 1. The summed E-state index contributed by atoms with van der Waals surface area (Å²) in [5, 5.41) is 15.2. The molecule has 3 N–H and O–H groups in total. The number of rotatable bonds is 4. The molecule has 3 amide bonds. The third-order valence-electron chi connectivity index (χ3n) is 8.40. The van der Waals surface area contributed by atoms with Gasteiger partial charge < -0.3 is 30.1 Å². The Morgan fingerprint density at radius 1 is 1.09 bits per heavy atom. The Balaban J connectivity index is 1.48. The molecule has 15 heteroatoms. The summed E-state index contributed by atoms with van der Waals surface area (Å²) >= 11 is 0. The molecule has 254 valence electrons. The minimum atomic E-state index is -4.92. The Morgan fingerprint density at radius 2 is 1.79 bits per heavy atom. The van der Waals surface area contributed by atoms with Crippen LogP contribution in [0.2, 0.25) is 0 Å². The van der Waals surface area contributed by atoms with E-state index in [9.17, 15) is 37.5 Å². The van der Waals surface area contributed by atoms with Gasteiger partial charge in [-0.25, -0.2) is 19.6 Å². The highest BCUT2D eigenvalue weighted by Crippen LogP contribution is 2.45. The molecule has 5 rings (SSSR count). The number of para-hydroxylation sites is 2. The van der Waals surface area contributed by atoms with Gasteiger partial charge in [-0.2, -0.15) is 13.2 Å². The number of halogens is 3. The number of fused-ring (bicyclic) bond motifs is 3. The third-order valence-corrected chi connectivity index (χ3v) is 8.40. The zero-order valence-corrected chi connectivity index (χ0v) is 26.3. The molecule has 0 spiro atoms. The van der Waals surface area contributed by atoms with E-state index in [1.807, 2.05) is 6.08 Å². The first-order valence-corrected chi connectivity index (χ1v) is 15.6. The van der Waals surface area contributed by atoms with Crippen LogP contribution >= 0.6 is 0 Å². The number of aliphatic carboxylic acids is 1. The van der Waals surface area contributed by atoms with Crippen LogP contribution in [0, 0.1) is 5.92 Å². The van der Waals surface area contributed by atoms with Gasteiger partial charge in [0.15, 0.2) is 0 Å². The van der Waals surface area contributed by atoms with E-state index in [0.29, 0.717) is 19.3 Å². The number of carboxylic acids is 1. The summed E-state index contributed by atoms with van der Waals surface area (Å²) in [5.74, 6) is -3.98. The smallest absolute Gasteiger partial charge is 0.438 e. The maximum atomic E-state index is 14.1. The summed E-state index contributed by atoms with van der Waals surface area (Å²) in [5.41, 5.74) is -3.66. The van der Waals surface area contributed by atoms with Gasteiger partial charge in [0, 0.05) is 12.3 Å². The van der Waals surface area contributed by atoms with E-state index in [-0.39, 0.29) is 36.8 Å². The van der Waals surface area contributed by atoms with Gasteiger partial charge in [-0.1, -0.05) is 37.1 Å². The highest BCUT2D eigenvalue weighted by atomic mass is 19.4. The molecule has 1 aliphatic carbocycles. The number of carbonyl (C=O) groups excluding carboxylic acids is 3. The van der Waals surface area contributed by atoms with Crippen molar-refractivity contribution < 1.29 is 46.9 Å². The number of aromatic nitrogens is 2. The van der Waals surface area contributed by atoms with Gasteiger partial charge in [0.05, 0.1) is 17.6 Å². The minimum absolute atomic E-state index is 0.00359. The molecular weight excluding hydrogens is 623 g/mol. The van der Waals surface area contributed by atoms with E-state index in [1.54, 1.807) is 32.9 Å². The van der Waals surface area contributed by atoms with Crippen LogP contribution in [0.1, 0.15) is 71.4 Å². The number of allylic oxidation sites excluding steroid dienone is 1. The van der Waals surface area contributed by atoms with E-state index in [1.165, 1.54) is 18.2 Å². The largest absolute Gasteiger partial charge is 0.479 e. The van der Waals surface area contributed by atoms with Crippen molar-refractivity contribution >= 4 is 34.9 Å². The SMILES string of the molecule is CC(C)(C)OC(=O)N[C@H]1CCCCC/C=C\C2C[C@@]2(C(=O)O)NC(=O)[C@@H]2C[C@@H](Oc3nc4ccccc4nc3C(F)(F)F)CN2C1=O. The van der Waals surface area contributed by atoms with Crippen LogP contribution in [0.25, 0.3) is 11.0 Å². The number of nitrogens with zero attached hydrogens (tertiary/aromatic N) is 3. The van der Waals surface area contributed by atoms with E-state index < -0.39 is 76.9 Å². The normalized spacial score (nSPS) is 27.8. The topological polar surface area (TPSA) is 160 Å². The zero-order chi connectivity index (χ0) is 34.1. The highest BCUT2D eigenvalue weighted by Gasteiger charge is 2.61. The Hall–Kier alpha value is -4.43. The summed E-state index contributed by atoms with van der Waals surface area (Å²) in [6, 6.07) is 3.52. The molecule has 3 aliphatic rings. The van der Waals surface area contributed by atoms with Crippen LogP contribution in [0.4, 0.5) is 18.0 Å². The van der Waals surface area contributed by atoms with E-state index >= 15 is 0 Å². The average molecular weight is 662 g/mol. The molecule has 3 heterocycles. The molecule has 0 radical (unpaired) electrons. The van der Waals surface area contributed by atoms with Crippen molar-refractivity contribution in [3.05, 3.63) is 42.1 Å². The fourth-order valence-electron chi connectivity index (χ4n) is 6.01. The van der Waals surface area contributed by atoms with Crippen molar-refractivity contribution in [1.29, 1.82) is 0 Å². The van der Waals surface area contributed by atoms with Crippen LogP contribution in [0.3, 0.4) is 0 Å². The molecule has 47 heavy (non-hydrogen) atoms. The summed E-state index contributed by atoms with van der Waals surface area (Å²) in [6.45, 7) is 4.65. The van der Waals surface area contributed by atoms with E-state index in [4.69, 9.17) is 9.47 Å². The third kappa shape index (κ3) is 7.76. The number of carbonyl (C=O) groups is 4. The van der Waals surface area contributed by atoms with Crippen molar-refractivity contribution in [3.63, 3.8) is 0 Å². The van der Waals surface area contributed by atoms with Crippen molar-refractivity contribution in [3.8, 4) is 5.88 Å². The first-order valence-electron chi connectivity index (χ1n) is 15.6. The second-order valence-corrected chi connectivity index (χ2v) is 13.2. The van der Waals surface area contributed by atoms with Crippen molar-refractivity contribution in [2.75, 3.05) is 6.54 Å². The average Bonchev–Trinajstić information content (AvgIpc) is 3.51. The standard InChI is InChI=1S/C32H38F3N5O7/c1-30(2,3)47-29(45)38-22-14-8-6-4-5-7-11-18-16-31(18,28(43)44)39-25(41)23-15-19(17-40(23)27(22)42)46-26-24(32(33,34)35)36-20-12-9-10-13-21(20)37-26/h7,9-13,18-19,22-23H,4-6,8,14-17H2,1-3H3,(H,38,45)(H,39,41)(H,43,44)/b11-7-/t18?,19-,22+,23+,31-/m1/s1. The summed E-state index contributed by atoms with van der Waals surface area (Å²) in [7, 11) is 0. The lowest BCUT2D eigenvalue weighted by molar-refractivity contribution is -0.146. The fourth-order valence-corrected chi connectivity index (χ4v) is 6.01. The molecule has 5 atom stereocenters. The molecule has 1 aromatic heterocycles. The molecule has 2 aliphatic heterocycles. The van der Waals surface area contributed by atoms with Crippen molar-refractivity contribution in [2.24, 2.45) is 5.92 Å². The number of nitrogens with one attached hydrogen (secondary N) is 2. The maximum Gasteiger partial charge on any atom is 0.438 e. The molecule has 1 aromatic carbocycles. The summed E-state index contributed by atoms with van der Waals surface area (Å²) < 4.78 is 53.3. The molecule has 1 saturated heterocycles. The maximum absolute atomic E-state index is 14.1. The van der Waals surface area contributed by atoms with Gasteiger partial charge in [-0.3, -0.25) is 9.59 Å². The first-order chi connectivity index (χ1) is 22.1. The van der Waals surface area contributed by atoms with Crippen LogP contribution < -0.4 is 15.4 Å². The van der Waals surface area contributed by atoms with E-state index in [2.05, 4.69) is 20.6 Å². The Labute approximate surface area is 269 Å². The van der Waals surface area contributed by atoms with Gasteiger partial charge in [0.25, 0.3) is 0 Å². The first kappa shape index (κ1) is 33.9. The lowest BCUT2D eigenvalue weighted by Crippen LogP contribution is -2.56. The second kappa shape index (κ2) is 13.0. The lowest BCUT2D eigenvalue weighted by atomic mass is 10.0. The number of alkyl halides is 3. The van der Waals surface area contributed by atoms with E-state index in [0.717, 1.165) is 11.3 Å². The molecular formula is C32H38F3N5O7. The molecule has 1 saturated carbocycles. The highest BCUT2D eigenvalue weighted by molar-refractivity contribution is 5.96. The van der Waals surface area contributed by atoms with Crippen molar-refractivity contribution in [1.82, 2.24) is 25.5 Å². The van der Waals surface area contributed by atoms with Crippen LogP contribution in [0.5, 0.6) is 5.88 Å². The molecule has 2 fully saturated rings. The van der Waals surface area contributed by atoms with Crippen LogP contribution in [0.15, 0.2) is 36.4 Å². The molecule has 0 bridgehead atoms. The fraction of sp³-hybridized carbons (Fsp3) is 0.562. The summed E-state index contributed by atoms with van der Waals surface area (Å²) in [4.78, 5) is 61.8. The van der Waals surface area contributed by atoms with Crippen molar-refractivity contribution in [2.45, 2.75) is 101 Å². The number of benzene rings is 1. The van der Waals surface area contributed by atoms with Crippen LogP contribution in [-0.2, 0) is 25.3 Å². The van der Waals surface area contributed by atoms with Gasteiger partial charge in [0.2, 0.25) is 23.4 Å². The number of hydrogen-bond donors (Lipinski definition) is 3. The predicted octanol–water partition coefficient (Wildman–Crippen LogP) is 4.37. The predicted molar refractivity (Wildman–Crippen MR) is 161 cm³/mol. The Kier molecular flexibility index (Phi) is 9.38. The quantitative estimate of drug-likeness (QED) is 0.405. The number of ether oxygens (including phenoxy) is 2. The molecule has 1 unspecified atom stereocenters. The molecule has 2 aromatic rings. The minimum Gasteiger partial charge on any atom is -0.479 e. The van der Waals surface area contributed by atoms with Gasteiger partial charge in [-0.05, 0) is 58.6 Å². The number of carboxylic acid groups (broad SMARTS) is 1. The van der Waals surface area contributed by atoms with Gasteiger partial charge >= 0.3 is 18.2 Å². The summed E-state index contributed by atoms with van der Waals surface area (Å²) in [6.07, 6.45) is -0.544. The monoisotopic (exact) mass is 661 g/mol. The zero-order valence-electron chi connectivity index (χ0n) is 26.3. The number of amides is 3. The second-order valence-electron chi connectivity index (χ2n) is 13.2.